The molecular formula is C14H26N2O. The Morgan fingerprint density at radius 2 is 1.65 bits per heavy atom. The maximum absolute atomic E-state index is 12.2. The third-order valence-corrected chi connectivity index (χ3v) is 4.44. The first-order chi connectivity index (χ1) is 8.18. The molecule has 1 heterocycles. The van der Waals surface area contributed by atoms with Crippen LogP contribution in [0.4, 0.5) is 4.79 Å². The summed E-state index contributed by atoms with van der Waals surface area (Å²) in [6.07, 6.45) is 8.85. The number of hydrogen-bond acceptors (Lipinski definition) is 1. The zero-order valence-corrected chi connectivity index (χ0v) is 11.2. The van der Waals surface area contributed by atoms with Gasteiger partial charge in [0.05, 0.1) is 0 Å². The fraction of sp³-hybridized carbons (Fsp3) is 0.929. The van der Waals surface area contributed by atoms with Gasteiger partial charge in [0.1, 0.15) is 0 Å². The smallest absolute Gasteiger partial charge is 0.317 e. The fourth-order valence-corrected chi connectivity index (χ4v) is 3.36. The van der Waals surface area contributed by atoms with E-state index in [4.69, 9.17) is 0 Å². The van der Waals surface area contributed by atoms with Crippen molar-refractivity contribution in [2.45, 2.75) is 70.9 Å². The van der Waals surface area contributed by atoms with Crippen LogP contribution >= 0.6 is 0 Å². The van der Waals surface area contributed by atoms with E-state index in [2.05, 4.69) is 24.1 Å². The zero-order chi connectivity index (χ0) is 12.3. The van der Waals surface area contributed by atoms with Crippen LogP contribution in [0.15, 0.2) is 0 Å². The van der Waals surface area contributed by atoms with Crippen LogP contribution in [0.1, 0.15) is 58.8 Å². The minimum absolute atomic E-state index is 0.164. The normalized spacial score (nSPS) is 30.6. The van der Waals surface area contributed by atoms with Crippen molar-refractivity contribution in [1.29, 1.82) is 0 Å². The van der Waals surface area contributed by atoms with Crippen molar-refractivity contribution < 1.29 is 4.79 Å². The summed E-state index contributed by atoms with van der Waals surface area (Å²) >= 11 is 0. The molecule has 2 rings (SSSR count). The Hall–Kier alpha value is -0.730. The molecule has 1 saturated carbocycles. The van der Waals surface area contributed by atoms with Gasteiger partial charge in [0, 0.05) is 18.6 Å². The molecule has 1 aliphatic heterocycles. The van der Waals surface area contributed by atoms with Crippen molar-refractivity contribution in [1.82, 2.24) is 10.2 Å². The first-order valence-electron chi connectivity index (χ1n) is 7.24. The zero-order valence-electron chi connectivity index (χ0n) is 11.2. The molecule has 1 aliphatic carbocycles. The molecule has 0 aromatic carbocycles. The van der Waals surface area contributed by atoms with Crippen molar-refractivity contribution in [2.24, 2.45) is 5.92 Å². The van der Waals surface area contributed by atoms with Crippen LogP contribution in [0, 0.1) is 5.92 Å². The highest BCUT2D eigenvalue weighted by Crippen LogP contribution is 2.25. The highest BCUT2D eigenvalue weighted by atomic mass is 16.2. The predicted octanol–water partition coefficient (Wildman–Crippen LogP) is 3.15. The maximum Gasteiger partial charge on any atom is 0.317 e. The molecule has 0 aromatic heterocycles. The van der Waals surface area contributed by atoms with E-state index in [1.54, 1.807) is 0 Å². The number of nitrogens with one attached hydrogen (secondary N) is 1. The summed E-state index contributed by atoms with van der Waals surface area (Å²) in [6, 6.07) is 0.973. The van der Waals surface area contributed by atoms with Crippen LogP contribution in [0.2, 0.25) is 0 Å². The van der Waals surface area contributed by atoms with Gasteiger partial charge in [-0.3, -0.25) is 0 Å². The second kappa shape index (κ2) is 5.74. The molecule has 1 saturated heterocycles. The molecule has 1 N–H and O–H groups in total. The first kappa shape index (κ1) is 12.7. The van der Waals surface area contributed by atoms with Crippen LogP contribution < -0.4 is 5.32 Å². The van der Waals surface area contributed by atoms with E-state index in [9.17, 15) is 4.79 Å². The van der Waals surface area contributed by atoms with Crippen molar-refractivity contribution in [3.05, 3.63) is 0 Å². The number of piperidine rings is 1. The van der Waals surface area contributed by atoms with E-state index in [-0.39, 0.29) is 6.03 Å². The Bertz CT molecular complexity index is 251. The average Bonchev–Trinajstić information content (AvgIpc) is 2.79. The summed E-state index contributed by atoms with van der Waals surface area (Å²) in [6.45, 7) is 5.23. The number of urea groups is 1. The summed E-state index contributed by atoms with van der Waals surface area (Å²) in [7, 11) is 0. The molecule has 17 heavy (non-hydrogen) atoms. The average molecular weight is 238 g/mol. The van der Waals surface area contributed by atoms with E-state index in [1.165, 1.54) is 32.1 Å². The predicted molar refractivity (Wildman–Crippen MR) is 70.0 cm³/mol. The Morgan fingerprint density at radius 1 is 1.06 bits per heavy atom. The third-order valence-electron chi connectivity index (χ3n) is 4.44. The van der Waals surface area contributed by atoms with Gasteiger partial charge in [0.15, 0.2) is 0 Å². The molecule has 2 atom stereocenters. The Kier molecular flexibility index (Phi) is 4.30. The molecular weight excluding hydrogens is 212 g/mol. The number of carbonyl (C=O) groups is 1. The van der Waals surface area contributed by atoms with Crippen LogP contribution in [0.3, 0.4) is 0 Å². The Morgan fingerprint density at radius 3 is 2.24 bits per heavy atom. The maximum atomic E-state index is 12.2. The molecule has 2 aliphatic rings. The van der Waals surface area contributed by atoms with Gasteiger partial charge < -0.3 is 10.2 Å². The quantitative estimate of drug-likeness (QED) is 0.787. The molecule has 2 fully saturated rings. The molecule has 3 heteroatoms. The molecule has 3 nitrogen and oxygen atoms in total. The van der Waals surface area contributed by atoms with E-state index < -0.39 is 0 Å². The Labute approximate surface area is 105 Å². The van der Waals surface area contributed by atoms with Crippen LogP contribution in [0.5, 0.6) is 0 Å². The minimum atomic E-state index is 0.164. The summed E-state index contributed by atoms with van der Waals surface area (Å²) in [5.74, 6) is 0.731. The van der Waals surface area contributed by atoms with Gasteiger partial charge in [-0.1, -0.05) is 12.8 Å². The molecule has 0 spiro atoms. The van der Waals surface area contributed by atoms with Crippen molar-refractivity contribution in [3.63, 3.8) is 0 Å². The largest absolute Gasteiger partial charge is 0.338 e. The van der Waals surface area contributed by atoms with Gasteiger partial charge in [-0.25, -0.2) is 4.79 Å². The number of hydrogen-bond donors (Lipinski definition) is 1. The van der Waals surface area contributed by atoms with Gasteiger partial charge in [0.25, 0.3) is 0 Å². The highest BCUT2D eigenvalue weighted by molar-refractivity contribution is 5.75. The van der Waals surface area contributed by atoms with Crippen molar-refractivity contribution in [3.8, 4) is 0 Å². The molecule has 2 amide bonds. The minimum Gasteiger partial charge on any atom is -0.338 e. The van der Waals surface area contributed by atoms with E-state index in [0.29, 0.717) is 12.1 Å². The number of likely N-dealkylation sites (tertiary alicyclic amines) is 1. The SMILES string of the molecule is CC1CCCC(C)N1C(=O)NCC1CCCC1. The molecule has 0 bridgehead atoms. The highest BCUT2D eigenvalue weighted by Gasteiger charge is 2.29. The van der Waals surface area contributed by atoms with Crippen molar-refractivity contribution in [2.75, 3.05) is 6.54 Å². The lowest BCUT2D eigenvalue weighted by Crippen LogP contribution is -2.52. The number of amides is 2. The van der Waals surface area contributed by atoms with Crippen LogP contribution in [-0.4, -0.2) is 29.6 Å². The van der Waals surface area contributed by atoms with Gasteiger partial charge >= 0.3 is 6.03 Å². The molecule has 0 radical (unpaired) electrons. The van der Waals surface area contributed by atoms with Gasteiger partial charge in [-0.15, -0.1) is 0 Å². The van der Waals surface area contributed by atoms with Crippen molar-refractivity contribution >= 4 is 6.03 Å². The fourth-order valence-electron chi connectivity index (χ4n) is 3.36. The summed E-state index contributed by atoms with van der Waals surface area (Å²) < 4.78 is 0. The number of rotatable bonds is 2. The summed E-state index contributed by atoms with van der Waals surface area (Å²) in [5.41, 5.74) is 0. The number of carbonyl (C=O) groups excluding carboxylic acids is 1. The summed E-state index contributed by atoms with van der Waals surface area (Å²) in [5, 5.41) is 3.14. The molecule has 2 unspecified atom stereocenters. The molecule has 98 valence electrons. The standard InChI is InChI=1S/C14H26N2O/c1-11-6-5-7-12(2)16(11)14(17)15-10-13-8-3-4-9-13/h11-13H,3-10H2,1-2H3,(H,15,17). The molecule has 0 aromatic rings. The summed E-state index contributed by atoms with van der Waals surface area (Å²) in [4.78, 5) is 14.2. The van der Waals surface area contributed by atoms with Crippen LogP contribution in [0.25, 0.3) is 0 Å². The lowest BCUT2D eigenvalue weighted by atomic mass is 9.98. The third kappa shape index (κ3) is 3.14. The van der Waals surface area contributed by atoms with E-state index in [1.807, 2.05) is 0 Å². The van der Waals surface area contributed by atoms with Gasteiger partial charge in [-0.05, 0) is 51.9 Å². The lowest BCUT2D eigenvalue weighted by Gasteiger charge is -2.39. The Balaban J connectivity index is 1.80. The van der Waals surface area contributed by atoms with Gasteiger partial charge in [-0.2, -0.15) is 0 Å². The lowest BCUT2D eigenvalue weighted by molar-refractivity contribution is 0.122. The number of nitrogens with zero attached hydrogens (tertiary/aromatic N) is 1. The topological polar surface area (TPSA) is 32.3 Å². The van der Waals surface area contributed by atoms with Gasteiger partial charge in [0.2, 0.25) is 0 Å². The van der Waals surface area contributed by atoms with Crippen LogP contribution in [-0.2, 0) is 0 Å². The second-order valence-electron chi connectivity index (χ2n) is 5.87. The monoisotopic (exact) mass is 238 g/mol. The first-order valence-corrected chi connectivity index (χ1v) is 7.24. The second-order valence-corrected chi connectivity index (χ2v) is 5.87. The van der Waals surface area contributed by atoms with E-state index >= 15 is 0 Å². The van der Waals surface area contributed by atoms with E-state index in [0.717, 1.165) is 25.3 Å².